The second-order valence-corrected chi connectivity index (χ2v) is 5.26. The Kier molecular flexibility index (Phi) is 9.13. The maximum absolute atomic E-state index is 6.06. The Hall–Kier alpha value is 0.210. The minimum Gasteiger partial charge on any atom is -0.353 e. The van der Waals surface area contributed by atoms with Gasteiger partial charge < -0.3 is 9.47 Å². The van der Waals surface area contributed by atoms with Crippen molar-refractivity contribution in [2.24, 2.45) is 0 Å². The Morgan fingerprint density at radius 2 is 2.06 bits per heavy atom. The van der Waals surface area contributed by atoms with Gasteiger partial charge in [-0.2, -0.15) is 0 Å². The van der Waals surface area contributed by atoms with Gasteiger partial charge >= 0.3 is 0 Å². The van der Waals surface area contributed by atoms with E-state index in [9.17, 15) is 0 Å². The van der Waals surface area contributed by atoms with Gasteiger partial charge in [-0.1, -0.05) is 26.2 Å². The van der Waals surface area contributed by atoms with Crippen molar-refractivity contribution in [2.75, 3.05) is 12.5 Å². The summed E-state index contributed by atoms with van der Waals surface area (Å²) < 4.78 is 11.7. The summed E-state index contributed by atoms with van der Waals surface area (Å²) in [5.74, 6) is 0.735. The van der Waals surface area contributed by atoms with Gasteiger partial charge in [-0.05, 0) is 38.5 Å². The van der Waals surface area contributed by atoms with E-state index in [1.54, 1.807) is 0 Å². The van der Waals surface area contributed by atoms with Gasteiger partial charge in [0.05, 0.1) is 6.10 Å². The average Bonchev–Trinajstić information content (AvgIpc) is 2.37. The van der Waals surface area contributed by atoms with Crippen molar-refractivity contribution in [3.63, 3.8) is 0 Å². The summed E-state index contributed by atoms with van der Waals surface area (Å²) in [5.41, 5.74) is 0. The van der Waals surface area contributed by atoms with Gasteiger partial charge in [-0.3, -0.25) is 0 Å². The van der Waals surface area contributed by atoms with Crippen LogP contribution < -0.4 is 0 Å². The summed E-state index contributed by atoms with van der Waals surface area (Å²) in [6.07, 6.45) is 11.0. The van der Waals surface area contributed by atoms with Gasteiger partial charge in [-0.15, -0.1) is 11.6 Å². The smallest absolute Gasteiger partial charge is 0.157 e. The van der Waals surface area contributed by atoms with Crippen molar-refractivity contribution in [3.8, 4) is 0 Å². The molecule has 0 saturated carbocycles. The Morgan fingerprint density at radius 3 is 2.71 bits per heavy atom. The van der Waals surface area contributed by atoms with Crippen LogP contribution >= 0.6 is 11.6 Å². The SMILES string of the molecule is CCCCCC(CCCCl)OC1CCCCO1. The molecule has 1 rings (SSSR count). The van der Waals surface area contributed by atoms with Crippen LogP contribution in [-0.2, 0) is 9.47 Å². The Bertz CT molecular complexity index is 170. The third kappa shape index (κ3) is 7.28. The lowest BCUT2D eigenvalue weighted by molar-refractivity contribution is -0.190. The third-order valence-corrected chi connectivity index (χ3v) is 3.54. The summed E-state index contributed by atoms with van der Waals surface area (Å²) in [6.45, 7) is 3.10. The fourth-order valence-corrected chi connectivity index (χ4v) is 2.39. The van der Waals surface area contributed by atoms with Crippen molar-refractivity contribution in [2.45, 2.75) is 77.1 Å². The first-order valence-electron chi connectivity index (χ1n) is 7.19. The van der Waals surface area contributed by atoms with Crippen LogP contribution in [-0.4, -0.2) is 24.9 Å². The van der Waals surface area contributed by atoms with Gasteiger partial charge in [-0.25, -0.2) is 0 Å². The van der Waals surface area contributed by atoms with E-state index in [1.807, 2.05) is 0 Å². The summed E-state index contributed by atoms with van der Waals surface area (Å²) in [7, 11) is 0. The lowest BCUT2D eigenvalue weighted by Gasteiger charge is -2.27. The molecule has 0 bridgehead atoms. The number of ether oxygens (including phenoxy) is 2. The van der Waals surface area contributed by atoms with E-state index < -0.39 is 0 Å². The summed E-state index contributed by atoms with van der Waals surface area (Å²) in [5, 5.41) is 0. The standard InChI is InChI=1S/C14H27ClO2/c1-2-3-4-8-13(9-7-11-15)17-14-10-5-6-12-16-14/h13-14H,2-12H2,1H3. The Labute approximate surface area is 111 Å². The maximum atomic E-state index is 6.06. The molecule has 1 heterocycles. The molecule has 2 nitrogen and oxygen atoms in total. The molecular formula is C14H27ClO2. The van der Waals surface area contributed by atoms with Crippen LogP contribution in [0.5, 0.6) is 0 Å². The highest BCUT2D eigenvalue weighted by molar-refractivity contribution is 6.17. The molecule has 1 fully saturated rings. The van der Waals surface area contributed by atoms with Crippen LogP contribution in [0.15, 0.2) is 0 Å². The molecule has 2 unspecified atom stereocenters. The van der Waals surface area contributed by atoms with Gasteiger partial charge in [0, 0.05) is 12.5 Å². The van der Waals surface area contributed by atoms with E-state index in [4.69, 9.17) is 21.1 Å². The molecule has 0 aromatic rings. The minimum atomic E-state index is 0.0469. The third-order valence-electron chi connectivity index (χ3n) is 3.27. The number of halogens is 1. The molecule has 1 saturated heterocycles. The van der Waals surface area contributed by atoms with E-state index in [2.05, 4.69) is 6.92 Å². The average molecular weight is 263 g/mol. The highest BCUT2D eigenvalue weighted by Crippen LogP contribution is 2.20. The zero-order chi connectivity index (χ0) is 12.3. The monoisotopic (exact) mass is 262 g/mol. The number of unbranched alkanes of at least 4 members (excludes halogenated alkanes) is 2. The van der Waals surface area contributed by atoms with E-state index in [0.29, 0.717) is 6.10 Å². The van der Waals surface area contributed by atoms with Crippen molar-refractivity contribution in [3.05, 3.63) is 0 Å². The molecule has 0 aromatic carbocycles. The van der Waals surface area contributed by atoms with Crippen LogP contribution in [0.25, 0.3) is 0 Å². The first-order valence-corrected chi connectivity index (χ1v) is 7.73. The lowest BCUT2D eigenvalue weighted by Crippen LogP contribution is -2.28. The van der Waals surface area contributed by atoms with Crippen LogP contribution in [0.4, 0.5) is 0 Å². The second-order valence-electron chi connectivity index (χ2n) is 4.88. The highest BCUT2D eigenvalue weighted by Gasteiger charge is 2.19. The predicted octanol–water partition coefficient (Wildman–Crippen LogP) is 4.50. The molecule has 0 aliphatic carbocycles. The molecule has 0 spiro atoms. The largest absolute Gasteiger partial charge is 0.353 e. The topological polar surface area (TPSA) is 18.5 Å². The van der Waals surface area contributed by atoms with E-state index in [-0.39, 0.29) is 6.29 Å². The minimum absolute atomic E-state index is 0.0469. The molecular weight excluding hydrogens is 236 g/mol. The van der Waals surface area contributed by atoms with Gasteiger partial charge in [0.1, 0.15) is 0 Å². The van der Waals surface area contributed by atoms with E-state index >= 15 is 0 Å². The van der Waals surface area contributed by atoms with E-state index in [0.717, 1.165) is 38.2 Å². The fraction of sp³-hybridized carbons (Fsp3) is 1.00. The lowest BCUT2D eigenvalue weighted by atomic mass is 10.1. The van der Waals surface area contributed by atoms with Crippen molar-refractivity contribution in [1.29, 1.82) is 0 Å². The molecule has 2 atom stereocenters. The van der Waals surface area contributed by atoms with Crippen LogP contribution in [0.2, 0.25) is 0 Å². The number of hydrogen-bond acceptors (Lipinski definition) is 2. The molecule has 3 heteroatoms. The predicted molar refractivity (Wildman–Crippen MR) is 72.6 cm³/mol. The molecule has 0 aromatic heterocycles. The second kappa shape index (κ2) is 10.2. The summed E-state index contributed by atoms with van der Waals surface area (Å²) in [4.78, 5) is 0. The van der Waals surface area contributed by atoms with Crippen LogP contribution in [0.3, 0.4) is 0 Å². The Balaban J connectivity index is 2.22. The first-order chi connectivity index (χ1) is 8.36. The van der Waals surface area contributed by atoms with Crippen molar-refractivity contribution in [1.82, 2.24) is 0 Å². The number of alkyl halides is 1. The summed E-state index contributed by atoms with van der Waals surface area (Å²) in [6, 6.07) is 0. The molecule has 102 valence electrons. The van der Waals surface area contributed by atoms with Gasteiger partial charge in [0.15, 0.2) is 6.29 Å². The summed E-state index contributed by atoms with van der Waals surface area (Å²) >= 11 is 5.76. The molecule has 17 heavy (non-hydrogen) atoms. The van der Waals surface area contributed by atoms with Crippen LogP contribution in [0.1, 0.15) is 64.7 Å². The number of rotatable bonds is 9. The van der Waals surface area contributed by atoms with Crippen LogP contribution in [0, 0.1) is 0 Å². The van der Waals surface area contributed by atoms with Crippen molar-refractivity contribution < 1.29 is 9.47 Å². The molecule has 1 aliphatic rings. The molecule has 0 radical (unpaired) electrons. The molecule has 0 amide bonds. The van der Waals surface area contributed by atoms with Gasteiger partial charge in [0.2, 0.25) is 0 Å². The van der Waals surface area contributed by atoms with Crippen molar-refractivity contribution >= 4 is 11.6 Å². The normalized spacial score (nSPS) is 22.6. The number of hydrogen-bond donors (Lipinski definition) is 0. The Morgan fingerprint density at radius 1 is 1.24 bits per heavy atom. The maximum Gasteiger partial charge on any atom is 0.157 e. The van der Waals surface area contributed by atoms with Gasteiger partial charge in [0.25, 0.3) is 0 Å². The van der Waals surface area contributed by atoms with E-state index in [1.165, 1.54) is 32.1 Å². The fourth-order valence-electron chi connectivity index (χ4n) is 2.24. The quantitative estimate of drug-likeness (QED) is 0.450. The molecule has 1 aliphatic heterocycles. The molecule has 0 N–H and O–H groups in total. The zero-order valence-electron chi connectivity index (χ0n) is 11.1. The first kappa shape index (κ1) is 15.3. The highest BCUT2D eigenvalue weighted by atomic mass is 35.5. The zero-order valence-corrected chi connectivity index (χ0v) is 11.9.